The van der Waals surface area contributed by atoms with Crippen molar-refractivity contribution >= 4 is 17.9 Å². The summed E-state index contributed by atoms with van der Waals surface area (Å²) in [6.45, 7) is 2.45. The lowest BCUT2D eigenvalue weighted by molar-refractivity contribution is 0.101. The van der Waals surface area contributed by atoms with Crippen molar-refractivity contribution in [2.75, 3.05) is 6.61 Å². The maximum absolute atomic E-state index is 12.6. The highest BCUT2D eigenvalue weighted by Crippen LogP contribution is 2.35. The number of aryl methyl sites for hydroxylation is 1. The summed E-state index contributed by atoms with van der Waals surface area (Å²) in [6.07, 6.45) is 5.76. The molecule has 1 heterocycles. The first-order valence-corrected chi connectivity index (χ1v) is 9.19. The van der Waals surface area contributed by atoms with Gasteiger partial charge in [0.25, 0.3) is 0 Å². The van der Waals surface area contributed by atoms with Gasteiger partial charge in [-0.2, -0.15) is 0 Å². The average Bonchev–Trinajstić information content (AvgIpc) is 3.03. The smallest absolute Gasteiger partial charge is 0.231 e. The number of allylic oxidation sites excluding steroid dienone is 1. The van der Waals surface area contributed by atoms with Crippen molar-refractivity contribution in [3.8, 4) is 11.5 Å². The van der Waals surface area contributed by atoms with E-state index in [1.807, 2.05) is 73.7 Å². The van der Waals surface area contributed by atoms with E-state index in [0.717, 1.165) is 16.7 Å². The number of fused-ring (bicyclic) bond motifs is 1. The molecule has 0 aromatic heterocycles. The van der Waals surface area contributed by atoms with E-state index in [9.17, 15) is 4.79 Å². The van der Waals surface area contributed by atoms with E-state index in [2.05, 4.69) is 0 Å². The second-order valence-corrected chi connectivity index (χ2v) is 6.58. The van der Waals surface area contributed by atoms with Gasteiger partial charge in [-0.15, -0.1) is 0 Å². The minimum atomic E-state index is -0.103. The van der Waals surface area contributed by atoms with Gasteiger partial charge >= 0.3 is 0 Å². The van der Waals surface area contributed by atoms with E-state index in [1.165, 1.54) is 0 Å². The highest BCUT2D eigenvalue weighted by molar-refractivity contribution is 6.14. The van der Waals surface area contributed by atoms with E-state index in [-0.39, 0.29) is 5.78 Å². The molecule has 0 unspecified atom stereocenters. The normalized spacial score (nSPS) is 14.3. The molecule has 4 rings (SSSR count). The second-order valence-electron chi connectivity index (χ2n) is 6.58. The van der Waals surface area contributed by atoms with Crippen molar-refractivity contribution in [1.82, 2.24) is 0 Å². The van der Waals surface area contributed by atoms with Gasteiger partial charge in [-0.1, -0.05) is 60.7 Å². The number of benzene rings is 3. The van der Waals surface area contributed by atoms with Crippen LogP contribution < -0.4 is 9.47 Å². The lowest BCUT2D eigenvalue weighted by atomic mass is 10.1. The maximum Gasteiger partial charge on any atom is 0.231 e. The highest BCUT2D eigenvalue weighted by atomic mass is 16.5. The zero-order valence-corrected chi connectivity index (χ0v) is 15.6. The Balaban J connectivity index is 1.45. The van der Waals surface area contributed by atoms with Crippen LogP contribution in [0.2, 0.25) is 0 Å². The zero-order valence-electron chi connectivity index (χ0n) is 15.6. The molecule has 0 fully saturated rings. The van der Waals surface area contributed by atoms with Crippen molar-refractivity contribution in [2.45, 2.75) is 6.92 Å². The van der Waals surface area contributed by atoms with E-state index < -0.39 is 0 Å². The summed E-state index contributed by atoms with van der Waals surface area (Å²) in [4.78, 5) is 12.6. The van der Waals surface area contributed by atoms with Crippen LogP contribution in [-0.2, 0) is 0 Å². The van der Waals surface area contributed by atoms with Crippen LogP contribution in [0.5, 0.6) is 11.5 Å². The summed E-state index contributed by atoms with van der Waals surface area (Å²) < 4.78 is 11.6. The third kappa shape index (κ3) is 3.89. The fraction of sp³-hybridized carbons (Fsp3) is 0.0800. The van der Waals surface area contributed by atoms with Gasteiger partial charge in [-0.25, -0.2) is 0 Å². The molecular formula is C25H20O3. The van der Waals surface area contributed by atoms with Gasteiger partial charge in [0, 0.05) is 6.07 Å². The van der Waals surface area contributed by atoms with Gasteiger partial charge in [0.2, 0.25) is 5.78 Å². The third-order valence-corrected chi connectivity index (χ3v) is 4.57. The largest absolute Gasteiger partial charge is 0.489 e. The van der Waals surface area contributed by atoms with Crippen LogP contribution in [0.4, 0.5) is 0 Å². The molecule has 1 aliphatic rings. The summed E-state index contributed by atoms with van der Waals surface area (Å²) in [5.74, 6) is 1.44. The Hall–Kier alpha value is -3.59. The lowest BCUT2D eigenvalue weighted by Crippen LogP contribution is -1.98. The van der Waals surface area contributed by atoms with Crippen LogP contribution in [-0.4, -0.2) is 12.4 Å². The zero-order chi connectivity index (χ0) is 19.3. The summed E-state index contributed by atoms with van der Waals surface area (Å²) in [6, 6.07) is 23.3. The Morgan fingerprint density at radius 3 is 2.57 bits per heavy atom. The third-order valence-electron chi connectivity index (χ3n) is 4.57. The summed E-state index contributed by atoms with van der Waals surface area (Å²) in [5.41, 5.74) is 3.75. The van der Waals surface area contributed by atoms with Crippen molar-refractivity contribution in [3.05, 3.63) is 107 Å². The van der Waals surface area contributed by atoms with Crippen molar-refractivity contribution in [3.63, 3.8) is 0 Å². The summed E-state index contributed by atoms with van der Waals surface area (Å²) in [5, 5.41) is 0. The number of carbonyl (C=O) groups excluding carboxylic acids is 1. The molecule has 3 aromatic rings. The van der Waals surface area contributed by atoms with Gasteiger partial charge in [0.15, 0.2) is 5.76 Å². The fourth-order valence-electron chi connectivity index (χ4n) is 3.04. The Labute approximate surface area is 164 Å². The molecule has 0 aliphatic carbocycles. The molecule has 0 saturated heterocycles. The Morgan fingerprint density at radius 1 is 0.964 bits per heavy atom. The van der Waals surface area contributed by atoms with Crippen LogP contribution in [0, 0.1) is 6.92 Å². The number of Topliss-reactive ketones (excluding diaryl/α,β-unsaturated/α-hetero) is 1. The van der Waals surface area contributed by atoms with Crippen molar-refractivity contribution in [1.29, 1.82) is 0 Å². The minimum absolute atomic E-state index is 0.103. The molecule has 138 valence electrons. The number of carbonyl (C=O) groups is 1. The van der Waals surface area contributed by atoms with Gasteiger partial charge in [0.05, 0.1) is 5.56 Å². The number of ether oxygens (including phenoxy) is 2. The predicted octanol–water partition coefficient (Wildman–Crippen LogP) is 5.70. The Bertz CT molecular complexity index is 1060. The molecule has 0 spiro atoms. The predicted molar refractivity (Wildman–Crippen MR) is 112 cm³/mol. The molecular weight excluding hydrogens is 348 g/mol. The standard InChI is InChI=1S/C25H20O3/c1-18-8-5-6-12-20(18)16-24-25(26)22-14-13-21(17-23(22)28-24)27-15-7-11-19-9-3-2-4-10-19/h2-14,16-17H,15H2,1H3/b11-7+,24-16-. The average molecular weight is 368 g/mol. The molecule has 0 amide bonds. The van der Waals surface area contributed by atoms with E-state index >= 15 is 0 Å². The van der Waals surface area contributed by atoms with Gasteiger partial charge in [0.1, 0.15) is 18.1 Å². The summed E-state index contributed by atoms with van der Waals surface area (Å²) >= 11 is 0. The monoisotopic (exact) mass is 368 g/mol. The molecule has 0 saturated carbocycles. The van der Waals surface area contributed by atoms with Gasteiger partial charge < -0.3 is 9.47 Å². The Morgan fingerprint density at radius 2 is 1.75 bits per heavy atom. The second kappa shape index (κ2) is 7.97. The van der Waals surface area contributed by atoms with Crippen LogP contribution in [0.25, 0.3) is 12.2 Å². The molecule has 3 heteroatoms. The van der Waals surface area contributed by atoms with E-state index in [1.54, 1.807) is 24.3 Å². The number of ketones is 1. The molecule has 0 N–H and O–H groups in total. The lowest BCUT2D eigenvalue weighted by Gasteiger charge is -2.05. The van der Waals surface area contributed by atoms with Crippen molar-refractivity contribution < 1.29 is 14.3 Å². The SMILES string of the molecule is Cc1ccccc1/C=C1\Oc2cc(OC/C=C/c3ccccc3)ccc2C1=O. The van der Waals surface area contributed by atoms with Gasteiger partial charge in [-0.3, -0.25) is 4.79 Å². The minimum Gasteiger partial charge on any atom is -0.489 e. The first-order valence-electron chi connectivity index (χ1n) is 9.19. The fourth-order valence-corrected chi connectivity index (χ4v) is 3.04. The van der Waals surface area contributed by atoms with Gasteiger partial charge in [-0.05, 0) is 47.9 Å². The first kappa shape index (κ1) is 17.8. The molecule has 1 aliphatic heterocycles. The first-order chi connectivity index (χ1) is 13.7. The molecule has 0 radical (unpaired) electrons. The molecule has 0 bridgehead atoms. The van der Waals surface area contributed by atoms with E-state index in [4.69, 9.17) is 9.47 Å². The van der Waals surface area contributed by atoms with Crippen LogP contribution in [0.3, 0.4) is 0 Å². The quantitative estimate of drug-likeness (QED) is 0.542. The number of hydrogen-bond acceptors (Lipinski definition) is 3. The molecule has 3 nitrogen and oxygen atoms in total. The molecule has 3 aromatic carbocycles. The highest BCUT2D eigenvalue weighted by Gasteiger charge is 2.27. The van der Waals surface area contributed by atoms with E-state index in [0.29, 0.717) is 29.4 Å². The molecule has 0 atom stereocenters. The van der Waals surface area contributed by atoms with Crippen molar-refractivity contribution in [2.24, 2.45) is 0 Å². The Kier molecular flexibility index (Phi) is 5.07. The maximum atomic E-state index is 12.6. The molecule has 28 heavy (non-hydrogen) atoms. The van der Waals surface area contributed by atoms with Crippen LogP contribution in [0.15, 0.2) is 84.6 Å². The number of hydrogen-bond donors (Lipinski definition) is 0. The van der Waals surface area contributed by atoms with Crippen LogP contribution >= 0.6 is 0 Å². The number of rotatable bonds is 5. The topological polar surface area (TPSA) is 35.5 Å². The summed E-state index contributed by atoms with van der Waals surface area (Å²) in [7, 11) is 0. The van der Waals surface area contributed by atoms with Crippen LogP contribution in [0.1, 0.15) is 27.0 Å².